The van der Waals surface area contributed by atoms with Crippen molar-refractivity contribution in [2.75, 3.05) is 0 Å². The van der Waals surface area contributed by atoms with Crippen LogP contribution in [-0.2, 0) is 0 Å². The van der Waals surface area contributed by atoms with Gasteiger partial charge >= 0.3 is 0 Å². The molecule has 0 aliphatic rings. The first kappa shape index (κ1) is 17.0. The first-order chi connectivity index (χ1) is 7.83. The first-order valence-electron chi connectivity index (χ1n) is 7.83. The van der Waals surface area contributed by atoms with Gasteiger partial charge in [0.1, 0.15) is 0 Å². The molecule has 0 aromatic rings. The van der Waals surface area contributed by atoms with Crippen molar-refractivity contribution in [1.82, 2.24) is 0 Å². The summed E-state index contributed by atoms with van der Waals surface area (Å²) >= 11 is 0. The van der Waals surface area contributed by atoms with E-state index in [9.17, 15) is 0 Å². The van der Waals surface area contributed by atoms with Crippen LogP contribution in [0.2, 0.25) is 0 Å². The summed E-state index contributed by atoms with van der Waals surface area (Å²) in [5, 5.41) is 0. The van der Waals surface area contributed by atoms with Crippen LogP contribution in [0.4, 0.5) is 0 Å². The predicted octanol–water partition coefficient (Wildman–Crippen LogP) is 6.16. The highest BCUT2D eigenvalue weighted by Gasteiger charge is 2.35. The van der Waals surface area contributed by atoms with Crippen molar-refractivity contribution in [2.45, 2.75) is 81.1 Å². The molecule has 0 saturated carbocycles. The highest BCUT2D eigenvalue weighted by molar-refractivity contribution is 4.84. The SMILES string of the molecule is CCC(C)C(CC)C(CC)C(CC)C(C)(C)C. The van der Waals surface area contributed by atoms with Crippen LogP contribution in [0.3, 0.4) is 0 Å². The third kappa shape index (κ3) is 4.64. The van der Waals surface area contributed by atoms with Crippen LogP contribution in [0, 0.1) is 29.1 Å². The smallest absolute Gasteiger partial charge is 0.0337 e. The van der Waals surface area contributed by atoms with Gasteiger partial charge in [-0.05, 0) is 29.1 Å². The molecule has 0 fully saturated rings. The quantitative estimate of drug-likeness (QED) is 0.500. The Bertz CT molecular complexity index is 187. The Hall–Kier alpha value is 0. The molecule has 0 amide bonds. The normalized spacial score (nSPS) is 19.8. The maximum absolute atomic E-state index is 2.45. The maximum Gasteiger partial charge on any atom is -0.0337 e. The Labute approximate surface area is 111 Å². The molecular formula is C17H36. The Morgan fingerprint density at radius 2 is 1.18 bits per heavy atom. The van der Waals surface area contributed by atoms with Crippen molar-refractivity contribution in [3.05, 3.63) is 0 Å². The van der Waals surface area contributed by atoms with Crippen molar-refractivity contribution in [3.8, 4) is 0 Å². The third-order valence-corrected chi connectivity index (χ3v) is 4.94. The Morgan fingerprint density at radius 3 is 1.41 bits per heavy atom. The van der Waals surface area contributed by atoms with Crippen LogP contribution < -0.4 is 0 Å². The number of hydrogen-bond donors (Lipinski definition) is 0. The van der Waals surface area contributed by atoms with Gasteiger partial charge in [0.2, 0.25) is 0 Å². The minimum Gasteiger partial charge on any atom is -0.0651 e. The van der Waals surface area contributed by atoms with Crippen LogP contribution >= 0.6 is 0 Å². The fourth-order valence-electron chi connectivity index (χ4n) is 3.87. The highest BCUT2D eigenvalue weighted by Crippen LogP contribution is 2.43. The highest BCUT2D eigenvalue weighted by atomic mass is 14.4. The second kappa shape index (κ2) is 7.44. The van der Waals surface area contributed by atoms with E-state index in [1.54, 1.807) is 0 Å². The summed E-state index contributed by atoms with van der Waals surface area (Å²) in [5.74, 6) is 3.56. The molecule has 0 rings (SSSR count). The van der Waals surface area contributed by atoms with Gasteiger partial charge in [-0.15, -0.1) is 0 Å². The Balaban J connectivity index is 5.00. The van der Waals surface area contributed by atoms with E-state index in [-0.39, 0.29) is 0 Å². The molecule has 0 spiro atoms. The molecule has 0 aromatic carbocycles. The molecule has 0 bridgehead atoms. The van der Waals surface area contributed by atoms with Gasteiger partial charge in [-0.25, -0.2) is 0 Å². The average molecular weight is 240 g/mol. The van der Waals surface area contributed by atoms with Crippen LogP contribution in [-0.4, -0.2) is 0 Å². The van der Waals surface area contributed by atoms with Crippen molar-refractivity contribution in [2.24, 2.45) is 29.1 Å². The van der Waals surface area contributed by atoms with Gasteiger partial charge in [-0.3, -0.25) is 0 Å². The summed E-state index contributed by atoms with van der Waals surface area (Å²) in [6, 6.07) is 0. The second-order valence-electron chi connectivity index (χ2n) is 6.91. The van der Waals surface area contributed by atoms with Crippen molar-refractivity contribution < 1.29 is 0 Å². The zero-order valence-corrected chi connectivity index (χ0v) is 13.6. The molecule has 0 aliphatic heterocycles. The van der Waals surface area contributed by atoms with Gasteiger partial charge in [0.15, 0.2) is 0 Å². The van der Waals surface area contributed by atoms with Gasteiger partial charge in [0.05, 0.1) is 0 Å². The molecule has 0 aliphatic carbocycles. The van der Waals surface area contributed by atoms with E-state index in [4.69, 9.17) is 0 Å². The zero-order chi connectivity index (χ0) is 13.6. The second-order valence-corrected chi connectivity index (χ2v) is 6.91. The molecule has 0 heterocycles. The van der Waals surface area contributed by atoms with Crippen LogP contribution in [0.25, 0.3) is 0 Å². The van der Waals surface area contributed by atoms with Crippen LogP contribution in [0.15, 0.2) is 0 Å². The van der Waals surface area contributed by atoms with E-state index >= 15 is 0 Å². The number of hydrogen-bond acceptors (Lipinski definition) is 0. The van der Waals surface area contributed by atoms with Crippen molar-refractivity contribution in [3.63, 3.8) is 0 Å². The summed E-state index contributed by atoms with van der Waals surface area (Å²) in [4.78, 5) is 0. The third-order valence-electron chi connectivity index (χ3n) is 4.94. The van der Waals surface area contributed by atoms with E-state index in [0.29, 0.717) is 5.41 Å². The van der Waals surface area contributed by atoms with E-state index in [0.717, 1.165) is 23.7 Å². The average Bonchev–Trinajstić information content (AvgIpc) is 2.26. The zero-order valence-electron chi connectivity index (χ0n) is 13.6. The topological polar surface area (TPSA) is 0 Å². The van der Waals surface area contributed by atoms with Crippen molar-refractivity contribution >= 4 is 0 Å². The lowest BCUT2D eigenvalue weighted by Crippen LogP contribution is -2.34. The summed E-state index contributed by atoms with van der Waals surface area (Å²) in [5.41, 5.74) is 0.455. The Morgan fingerprint density at radius 1 is 0.706 bits per heavy atom. The van der Waals surface area contributed by atoms with E-state index in [1.165, 1.54) is 25.7 Å². The van der Waals surface area contributed by atoms with Crippen LogP contribution in [0.5, 0.6) is 0 Å². The monoisotopic (exact) mass is 240 g/mol. The van der Waals surface area contributed by atoms with Crippen LogP contribution in [0.1, 0.15) is 81.1 Å². The van der Waals surface area contributed by atoms with Gasteiger partial charge in [-0.2, -0.15) is 0 Å². The molecule has 0 aromatic heterocycles. The Kier molecular flexibility index (Phi) is 7.44. The summed E-state index contributed by atoms with van der Waals surface area (Å²) in [6.07, 6.45) is 5.35. The molecule has 4 atom stereocenters. The fourth-order valence-corrected chi connectivity index (χ4v) is 3.87. The minimum atomic E-state index is 0.455. The standard InChI is InChI=1S/C17H36/c1-9-13(5)14(10-2)15(11-3)16(12-4)17(6,7)8/h13-16H,9-12H2,1-8H3. The maximum atomic E-state index is 2.45. The molecular weight excluding hydrogens is 204 g/mol. The molecule has 104 valence electrons. The minimum absolute atomic E-state index is 0.455. The molecule has 0 heteroatoms. The summed E-state index contributed by atoms with van der Waals surface area (Å²) in [6.45, 7) is 19.2. The molecule has 0 N–H and O–H groups in total. The predicted molar refractivity (Wildman–Crippen MR) is 80.3 cm³/mol. The lowest BCUT2D eigenvalue weighted by molar-refractivity contribution is 0.0726. The summed E-state index contributed by atoms with van der Waals surface area (Å²) < 4.78 is 0. The first-order valence-corrected chi connectivity index (χ1v) is 7.83. The van der Waals surface area contributed by atoms with E-state index in [2.05, 4.69) is 55.4 Å². The molecule has 0 nitrogen and oxygen atoms in total. The van der Waals surface area contributed by atoms with Gasteiger partial charge in [0.25, 0.3) is 0 Å². The van der Waals surface area contributed by atoms with E-state index < -0.39 is 0 Å². The summed E-state index contributed by atoms with van der Waals surface area (Å²) in [7, 11) is 0. The fraction of sp³-hybridized carbons (Fsp3) is 1.00. The molecule has 17 heavy (non-hydrogen) atoms. The number of rotatable bonds is 7. The molecule has 0 saturated heterocycles. The largest absolute Gasteiger partial charge is 0.0651 e. The molecule has 4 unspecified atom stereocenters. The lowest BCUT2D eigenvalue weighted by Gasteiger charge is -2.42. The van der Waals surface area contributed by atoms with Crippen molar-refractivity contribution in [1.29, 1.82) is 0 Å². The molecule has 0 radical (unpaired) electrons. The lowest BCUT2D eigenvalue weighted by atomic mass is 9.63. The van der Waals surface area contributed by atoms with Gasteiger partial charge < -0.3 is 0 Å². The van der Waals surface area contributed by atoms with E-state index in [1.807, 2.05) is 0 Å². The van der Waals surface area contributed by atoms with Gasteiger partial charge in [0, 0.05) is 0 Å². The van der Waals surface area contributed by atoms with Gasteiger partial charge in [-0.1, -0.05) is 81.1 Å².